The van der Waals surface area contributed by atoms with E-state index in [1.54, 1.807) is 17.1 Å². The van der Waals surface area contributed by atoms with Crippen LogP contribution >= 0.6 is 45.2 Å². The summed E-state index contributed by atoms with van der Waals surface area (Å²) in [5.41, 5.74) is 3.96. The van der Waals surface area contributed by atoms with Gasteiger partial charge in [-0.2, -0.15) is 21.4 Å². The van der Waals surface area contributed by atoms with Crippen molar-refractivity contribution >= 4 is 88.5 Å². The van der Waals surface area contributed by atoms with Gasteiger partial charge in [0.05, 0.1) is 15.9 Å². The molecule has 2 aromatic rings. The lowest BCUT2D eigenvalue weighted by Gasteiger charge is -2.32. The molecule has 2 aliphatic heterocycles. The minimum atomic E-state index is -4.55. The molecule has 0 radical (unpaired) electrons. The topological polar surface area (TPSA) is 152 Å². The molecule has 3 N–H and O–H groups in total. The number of halogens is 2. The Morgan fingerprint density at radius 3 is 2.25 bits per heavy atom. The highest BCUT2D eigenvalue weighted by molar-refractivity contribution is 14.1. The summed E-state index contributed by atoms with van der Waals surface area (Å²) < 4.78 is 74.2. The number of nitrogens with zero attached hydrogens (tertiary/aromatic N) is 2. The quantitative estimate of drug-likeness (QED) is 0.0493. The molecule has 2 heterocycles. The van der Waals surface area contributed by atoms with Crippen molar-refractivity contribution in [2.75, 3.05) is 11.9 Å². The second-order valence-corrected chi connectivity index (χ2v) is 19.4. The summed E-state index contributed by atoms with van der Waals surface area (Å²) in [6.07, 6.45) is 18.1. The van der Waals surface area contributed by atoms with Crippen LogP contribution in [0.3, 0.4) is 0 Å². The first-order chi connectivity index (χ1) is 24.2. The summed E-state index contributed by atoms with van der Waals surface area (Å²) in [4.78, 5) is 12.3. The van der Waals surface area contributed by atoms with Gasteiger partial charge in [-0.3, -0.25) is 13.9 Å². The Bertz CT molecular complexity index is 2090. The molecule has 14 heteroatoms. The first kappa shape index (κ1) is 42.4. The van der Waals surface area contributed by atoms with Gasteiger partial charge in [0.1, 0.15) is 7.05 Å². The van der Waals surface area contributed by atoms with Crippen molar-refractivity contribution in [3.63, 3.8) is 0 Å². The molecule has 0 aromatic heterocycles. The summed E-state index contributed by atoms with van der Waals surface area (Å²) in [6.45, 7) is 7.87. The van der Waals surface area contributed by atoms with Gasteiger partial charge in [-0.25, -0.2) is 0 Å². The summed E-state index contributed by atoms with van der Waals surface area (Å²) >= 11 is 4.75. The zero-order valence-corrected chi connectivity index (χ0v) is 36.0. The first-order valence-electron chi connectivity index (χ1n) is 17.2. The number of carboxylic acids is 1. The molecule has 0 amide bonds. The van der Waals surface area contributed by atoms with Crippen molar-refractivity contribution in [1.82, 2.24) is 0 Å². The smallest absolute Gasteiger partial charge is 0.303 e. The highest BCUT2D eigenvalue weighted by Gasteiger charge is 2.48. The van der Waals surface area contributed by atoms with E-state index in [1.165, 1.54) is 27.3 Å². The third-order valence-electron chi connectivity index (χ3n) is 9.93. The SMILES string of the molecule is CCCCC(N1\C(=C/C=C/C=C/C=C/C2=[N+](C)c3cc(I)cc(I)c3C2(C)CCCCCC(=O)O)C(C)(C)c2cc(S(=O)(=O)O)ccc21)S(=O)(=O)O. The van der Waals surface area contributed by atoms with Crippen LogP contribution in [-0.4, -0.2) is 59.7 Å². The van der Waals surface area contributed by atoms with Crippen LogP contribution in [0.1, 0.15) is 90.2 Å². The number of hydrogen-bond acceptors (Lipinski definition) is 6. The molecule has 2 unspecified atom stereocenters. The van der Waals surface area contributed by atoms with Crippen LogP contribution in [0.2, 0.25) is 0 Å². The van der Waals surface area contributed by atoms with E-state index >= 15 is 0 Å². The highest BCUT2D eigenvalue weighted by atomic mass is 127. The molecule has 2 atom stereocenters. The summed E-state index contributed by atoms with van der Waals surface area (Å²) in [5.74, 6) is -0.772. The molecule has 0 bridgehead atoms. The predicted molar refractivity (Wildman–Crippen MR) is 223 cm³/mol. The molecule has 0 aliphatic carbocycles. The van der Waals surface area contributed by atoms with Crippen molar-refractivity contribution in [3.8, 4) is 0 Å². The second-order valence-electron chi connectivity index (χ2n) is 14.0. The maximum atomic E-state index is 12.7. The number of carbonyl (C=O) groups is 1. The average molecular weight is 978 g/mol. The van der Waals surface area contributed by atoms with Gasteiger partial charge in [0.25, 0.3) is 20.2 Å². The van der Waals surface area contributed by atoms with Gasteiger partial charge in [-0.15, -0.1) is 0 Å². The Hall–Kier alpha value is -2.38. The fraction of sp³-hybridized carbons (Fsp3) is 0.421. The monoisotopic (exact) mass is 977 g/mol. The van der Waals surface area contributed by atoms with E-state index in [0.29, 0.717) is 36.2 Å². The van der Waals surface area contributed by atoms with Crippen LogP contribution in [0.5, 0.6) is 0 Å². The van der Waals surface area contributed by atoms with Gasteiger partial charge in [0, 0.05) is 42.5 Å². The molecule has 2 aromatic carbocycles. The third-order valence-corrected chi connectivity index (χ3v) is 13.4. The van der Waals surface area contributed by atoms with Crippen molar-refractivity contribution in [2.45, 2.75) is 100 Å². The molecule has 0 spiro atoms. The highest BCUT2D eigenvalue weighted by Crippen LogP contribution is 2.51. The number of aliphatic carboxylic acids is 1. The lowest BCUT2D eigenvalue weighted by molar-refractivity contribution is -0.401. The lowest BCUT2D eigenvalue weighted by atomic mass is 9.75. The van der Waals surface area contributed by atoms with Gasteiger partial charge < -0.3 is 10.0 Å². The third kappa shape index (κ3) is 9.28. The van der Waals surface area contributed by atoms with E-state index in [0.717, 1.165) is 34.2 Å². The Labute approximate surface area is 335 Å². The van der Waals surface area contributed by atoms with Gasteiger partial charge >= 0.3 is 5.97 Å². The number of carboxylic acid groups (broad SMARTS) is 1. The zero-order valence-electron chi connectivity index (χ0n) is 30.0. The number of anilines is 1. The molecule has 282 valence electrons. The van der Waals surface area contributed by atoms with Crippen LogP contribution < -0.4 is 4.90 Å². The molecular formula is C38H47I2N2O8S2+. The molecule has 4 rings (SSSR count). The maximum Gasteiger partial charge on any atom is 0.303 e. The second kappa shape index (κ2) is 17.0. The molecular weight excluding hydrogens is 930 g/mol. The summed E-state index contributed by atoms with van der Waals surface area (Å²) in [7, 11) is -6.99. The number of hydrogen-bond donors (Lipinski definition) is 3. The number of rotatable bonds is 16. The Morgan fingerprint density at radius 1 is 0.942 bits per heavy atom. The molecule has 2 aliphatic rings. The average Bonchev–Trinajstić information content (AvgIpc) is 3.38. The van der Waals surface area contributed by atoms with E-state index in [-0.39, 0.29) is 23.2 Å². The van der Waals surface area contributed by atoms with Crippen LogP contribution in [0.25, 0.3) is 0 Å². The van der Waals surface area contributed by atoms with Crippen molar-refractivity contribution < 1.29 is 40.4 Å². The Balaban J connectivity index is 1.64. The molecule has 10 nitrogen and oxygen atoms in total. The fourth-order valence-electron chi connectivity index (χ4n) is 7.31. The number of unbranched alkanes of at least 4 members (excludes halogenated alkanes) is 3. The van der Waals surface area contributed by atoms with Gasteiger partial charge in [0.15, 0.2) is 11.1 Å². The fourth-order valence-corrected chi connectivity index (χ4v) is 11.2. The maximum absolute atomic E-state index is 12.7. The van der Waals surface area contributed by atoms with E-state index in [9.17, 15) is 30.7 Å². The summed E-state index contributed by atoms with van der Waals surface area (Å²) in [5, 5.41) is 7.78. The number of benzene rings is 2. The number of allylic oxidation sites excluding steroid dienone is 8. The van der Waals surface area contributed by atoms with Crippen LogP contribution in [0, 0.1) is 7.14 Å². The van der Waals surface area contributed by atoms with E-state index in [4.69, 9.17) is 5.11 Å². The van der Waals surface area contributed by atoms with Crippen LogP contribution in [-0.2, 0) is 35.9 Å². The Kier molecular flexibility index (Phi) is 13.8. The minimum absolute atomic E-state index is 0.160. The molecule has 0 fully saturated rings. The van der Waals surface area contributed by atoms with E-state index in [2.05, 4.69) is 81.9 Å². The molecule has 0 saturated heterocycles. The van der Waals surface area contributed by atoms with E-state index in [1.807, 2.05) is 45.1 Å². The molecule has 0 saturated carbocycles. The van der Waals surface area contributed by atoms with Crippen molar-refractivity contribution in [1.29, 1.82) is 0 Å². The van der Waals surface area contributed by atoms with Crippen molar-refractivity contribution in [3.05, 3.63) is 96.8 Å². The lowest BCUT2D eigenvalue weighted by Crippen LogP contribution is -2.41. The normalized spacial score (nSPS) is 20.2. The van der Waals surface area contributed by atoms with Gasteiger partial charge in [0.2, 0.25) is 5.69 Å². The van der Waals surface area contributed by atoms with E-state index < -0.39 is 37.0 Å². The van der Waals surface area contributed by atoms with Crippen LogP contribution in [0.15, 0.2) is 83.5 Å². The van der Waals surface area contributed by atoms with Gasteiger partial charge in [-0.1, -0.05) is 76.8 Å². The van der Waals surface area contributed by atoms with Crippen molar-refractivity contribution in [2.24, 2.45) is 0 Å². The standard InChI is InChI=1S/C38H46I2N2O8S2/c1-6-7-18-34(52(48,49)50)42-30-21-20-27(51(45,46)47)25-28(30)37(2,3)32(42)16-12-9-8-10-13-17-33-38(4,22-15-11-14-19-35(43)44)36-29(40)23-26(39)24-31(36)41(33)5/h8-10,12-13,16-17,20-21,23-25,34H,6-7,11,14-15,18-19,22H2,1-5H3,(H2-,43,44,45,46,47,48,49,50)/p+1. The number of fused-ring (bicyclic) bond motifs is 2. The zero-order chi connectivity index (χ0) is 38.6. The predicted octanol–water partition coefficient (Wildman–Crippen LogP) is 8.92. The Morgan fingerprint density at radius 2 is 1.62 bits per heavy atom. The molecule has 52 heavy (non-hydrogen) atoms. The first-order valence-corrected chi connectivity index (χ1v) is 22.3. The van der Waals surface area contributed by atoms with Crippen LogP contribution in [0.4, 0.5) is 11.4 Å². The summed E-state index contributed by atoms with van der Waals surface area (Å²) in [6, 6.07) is 8.44. The minimum Gasteiger partial charge on any atom is -0.481 e. The van der Waals surface area contributed by atoms with Gasteiger partial charge in [-0.05, 0) is 107 Å². The largest absolute Gasteiger partial charge is 0.481 e.